The molecule has 40 heavy (non-hydrogen) atoms. The Balaban J connectivity index is 1.10. The second-order valence-corrected chi connectivity index (χ2v) is 12.2. The van der Waals surface area contributed by atoms with E-state index in [1.807, 2.05) is 23.1 Å². The van der Waals surface area contributed by atoms with Crippen molar-refractivity contribution >= 4 is 32.5 Å². The average Bonchev–Trinajstić information content (AvgIpc) is 3.01. The predicted molar refractivity (Wildman–Crippen MR) is 152 cm³/mol. The number of piperidine rings is 1. The first-order valence-electron chi connectivity index (χ1n) is 13.5. The van der Waals surface area contributed by atoms with E-state index in [-0.39, 0.29) is 29.1 Å². The molecule has 6 rings (SSSR count). The third-order valence-electron chi connectivity index (χ3n) is 7.85. The van der Waals surface area contributed by atoms with Crippen LogP contribution in [0.3, 0.4) is 0 Å². The molecular weight excluding hydrogens is 529 g/mol. The first kappa shape index (κ1) is 26.3. The highest BCUT2D eigenvalue weighted by atomic mass is 32.2. The molecule has 2 saturated heterocycles. The third-order valence-corrected chi connectivity index (χ3v) is 9.73. The highest BCUT2D eigenvalue weighted by molar-refractivity contribution is 7.89. The number of benzene rings is 2. The van der Waals surface area contributed by atoms with Crippen LogP contribution in [0.5, 0.6) is 0 Å². The van der Waals surface area contributed by atoms with E-state index >= 15 is 0 Å². The number of aromatic nitrogens is 2. The maximum Gasteiger partial charge on any atom is 0.243 e. The molecule has 0 radical (unpaired) electrons. The summed E-state index contributed by atoms with van der Waals surface area (Å²) in [5.41, 5.74) is 3.46. The summed E-state index contributed by atoms with van der Waals surface area (Å²) in [5.74, 6) is -0.678. The minimum atomic E-state index is -3.72. The lowest BCUT2D eigenvalue weighted by Crippen LogP contribution is -2.53. The molecule has 4 heterocycles. The number of hydrogen-bond donors (Lipinski definition) is 0. The standard InChI is InChI=1S/C30H30FN5O3S/c31-25-5-8-27-28(20-25)33-14-11-29(27)34-16-18-35(19-17-34)30(37)24-2-1-15-36(21-24)40(38,39)26-6-3-22(4-7-26)23-9-12-32-13-10-23/h3-14,20,24H,1-2,15-19,21H2. The molecule has 0 N–H and O–H groups in total. The number of piperazine rings is 1. The van der Waals surface area contributed by atoms with Crippen molar-refractivity contribution < 1.29 is 17.6 Å². The minimum Gasteiger partial charge on any atom is -0.367 e. The fourth-order valence-corrected chi connectivity index (χ4v) is 7.21. The number of amides is 1. The number of carbonyl (C=O) groups is 1. The van der Waals surface area contributed by atoms with Crippen LogP contribution in [-0.2, 0) is 14.8 Å². The summed E-state index contributed by atoms with van der Waals surface area (Å²) in [6, 6.07) is 17.2. The molecule has 1 atom stereocenters. The van der Waals surface area contributed by atoms with Crippen LogP contribution in [0.2, 0.25) is 0 Å². The number of carbonyl (C=O) groups excluding carboxylic acids is 1. The highest BCUT2D eigenvalue weighted by Gasteiger charge is 2.36. The van der Waals surface area contributed by atoms with Crippen molar-refractivity contribution in [3.05, 3.63) is 85.1 Å². The smallest absolute Gasteiger partial charge is 0.243 e. The van der Waals surface area contributed by atoms with Gasteiger partial charge in [0, 0.05) is 75.0 Å². The van der Waals surface area contributed by atoms with Gasteiger partial charge < -0.3 is 9.80 Å². The quantitative estimate of drug-likeness (QED) is 0.365. The van der Waals surface area contributed by atoms with E-state index in [0.717, 1.165) is 22.2 Å². The maximum absolute atomic E-state index is 13.7. The zero-order chi connectivity index (χ0) is 27.7. The van der Waals surface area contributed by atoms with Gasteiger partial charge >= 0.3 is 0 Å². The fraction of sp³-hybridized carbons (Fsp3) is 0.300. The second kappa shape index (κ2) is 10.9. The predicted octanol–water partition coefficient (Wildman–Crippen LogP) is 4.19. The second-order valence-electron chi connectivity index (χ2n) is 10.3. The van der Waals surface area contributed by atoms with E-state index in [4.69, 9.17) is 0 Å². The molecule has 1 unspecified atom stereocenters. The van der Waals surface area contributed by atoms with Gasteiger partial charge in [0.25, 0.3) is 0 Å². The number of pyridine rings is 2. The molecule has 206 valence electrons. The first-order chi connectivity index (χ1) is 19.4. The summed E-state index contributed by atoms with van der Waals surface area (Å²) in [6.45, 7) is 2.96. The van der Waals surface area contributed by atoms with Gasteiger partial charge in [-0.1, -0.05) is 12.1 Å². The van der Waals surface area contributed by atoms with Crippen LogP contribution in [0, 0.1) is 11.7 Å². The molecule has 8 nitrogen and oxygen atoms in total. The Kier molecular flexibility index (Phi) is 7.20. The van der Waals surface area contributed by atoms with Crippen molar-refractivity contribution in [1.82, 2.24) is 19.2 Å². The van der Waals surface area contributed by atoms with E-state index in [0.29, 0.717) is 51.1 Å². The molecular formula is C30H30FN5O3S. The van der Waals surface area contributed by atoms with Crippen molar-refractivity contribution in [2.45, 2.75) is 17.7 Å². The molecule has 0 aliphatic carbocycles. The van der Waals surface area contributed by atoms with E-state index in [1.54, 1.807) is 48.9 Å². The Bertz CT molecular complexity index is 1620. The molecule has 2 fully saturated rings. The van der Waals surface area contributed by atoms with Crippen LogP contribution >= 0.6 is 0 Å². The number of sulfonamides is 1. The van der Waals surface area contributed by atoms with Crippen LogP contribution in [-0.4, -0.2) is 72.8 Å². The topological polar surface area (TPSA) is 86.7 Å². The van der Waals surface area contributed by atoms with Gasteiger partial charge in [0.2, 0.25) is 15.9 Å². The third kappa shape index (κ3) is 5.16. The number of halogens is 1. The van der Waals surface area contributed by atoms with Crippen LogP contribution in [0.25, 0.3) is 22.0 Å². The van der Waals surface area contributed by atoms with Gasteiger partial charge in [-0.2, -0.15) is 4.31 Å². The number of nitrogens with zero attached hydrogens (tertiary/aromatic N) is 5. The van der Waals surface area contributed by atoms with E-state index in [9.17, 15) is 17.6 Å². The summed E-state index contributed by atoms with van der Waals surface area (Å²) in [4.78, 5) is 26.1. The van der Waals surface area contributed by atoms with Crippen molar-refractivity contribution in [2.24, 2.45) is 5.92 Å². The van der Waals surface area contributed by atoms with Crippen molar-refractivity contribution in [1.29, 1.82) is 0 Å². The molecule has 2 aliphatic rings. The van der Waals surface area contributed by atoms with Gasteiger partial charge in [-0.3, -0.25) is 14.8 Å². The van der Waals surface area contributed by atoms with Crippen LogP contribution in [0.1, 0.15) is 12.8 Å². The number of hydrogen-bond acceptors (Lipinski definition) is 6. The van der Waals surface area contributed by atoms with Crippen LogP contribution in [0.4, 0.5) is 10.1 Å². The minimum absolute atomic E-state index is 0.00856. The molecule has 10 heteroatoms. The molecule has 1 amide bonds. The summed E-state index contributed by atoms with van der Waals surface area (Å²) in [6.07, 6.45) is 6.40. The van der Waals surface area contributed by atoms with E-state index < -0.39 is 10.0 Å². The molecule has 2 aliphatic heterocycles. The number of fused-ring (bicyclic) bond motifs is 1. The highest BCUT2D eigenvalue weighted by Crippen LogP contribution is 2.29. The lowest BCUT2D eigenvalue weighted by atomic mass is 9.97. The van der Waals surface area contributed by atoms with Crippen LogP contribution in [0.15, 0.2) is 84.1 Å². The summed E-state index contributed by atoms with van der Waals surface area (Å²) in [5, 5.41) is 0.880. The Morgan fingerprint density at radius 1 is 0.850 bits per heavy atom. The first-order valence-corrected chi connectivity index (χ1v) is 14.9. The number of rotatable bonds is 5. The Morgan fingerprint density at radius 2 is 1.57 bits per heavy atom. The molecule has 0 bridgehead atoms. The molecule has 2 aromatic carbocycles. The van der Waals surface area contributed by atoms with Gasteiger partial charge in [0.05, 0.1) is 16.3 Å². The Hall–Kier alpha value is -3.89. The van der Waals surface area contributed by atoms with Gasteiger partial charge in [-0.05, 0) is 66.4 Å². The van der Waals surface area contributed by atoms with Gasteiger partial charge in [-0.25, -0.2) is 12.8 Å². The van der Waals surface area contributed by atoms with E-state index in [1.165, 1.54) is 16.4 Å². The molecule has 0 saturated carbocycles. The summed E-state index contributed by atoms with van der Waals surface area (Å²) in [7, 11) is -3.72. The van der Waals surface area contributed by atoms with Crippen LogP contribution < -0.4 is 4.90 Å². The lowest BCUT2D eigenvalue weighted by molar-refractivity contribution is -0.137. The average molecular weight is 560 g/mol. The van der Waals surface area contributed by atoms with Crippen molar-refractivity contribution in [2.75, 3.05) is 44.2 Å². The Labute approximate surface area is 233 Å². The van der Waals surface area contributed by atoms with Gasteiger partial charge in [0.15, 0.2) is 0 Å². The largest absolute Gasteiger partial charge is 0.367 e. The SMILES string of the molecule is O=C(C1CCCN(S(=O)(=O)c2ccc(-c3ccncc3)cc2)C1)N1CCN(c2ccnc3cc(F)ccc23)CC1. The normalized spacial score (nSPS) is 18.7. The zero-order valence-electron chi connectivity index (χ0n) is 22.0. The number of anilines is 1. The lowest BCUT2D eigenvalue weighted by Gasteiger charge is -2.39. The zero-order valence-corrected chi connectivity index (χ0v) is 22.8. The molecule has 0 spiro atoms. The monoisotopic (exact) mass is 559 g/mol. The van der Waals surface area contributed by atoms with Crippen molar-refractivity contribution in [3.63, 3.8) is 0 Å². The molecule has 4 aromatic rings. The maximum atomic E-state index is 13.7. The fourth-order valence-electron chi connectivity index (χ4n) is 5.68. The van der Waals surface area contributed by atoms with Gasteiger partial charge in [0.1, 0.15) is 5.82 Å². The van der Waals surface area contributed by atoms with E-state index in [2.05, 4.69) is 14.9 Å². The molecule has 2 aromatic heterocycles. The van der Waals surface area contributed by atoms with Gasteiger partial charge in [-0.15, -0.1) is 0 Å². The van der Waals surface area contributed by atoms with Crippen molar-refractivity contribution in [3.8, 4) is 11.1 Å². The summed E-state index contributed by atoms with van der Waals surface area (Å²) < 4.78 is 42.0. The summed E-state index contributed by atoms with van der Waals surface area (Å²) >= 11 is 0. The Morgan fingerprint density at radius 3 is 2.33 bits per heavy atom.